The molecular weight excluding hydrogens is 202 g/mol. The molecule has 0 saturated heterocycles. The Morgan fingerprint density at radius 3 is 2.71 bits per heavy atom. The molecule has 0 saturated carbocycles. The van der Waals surface area contributed by atoms with Crippen molar-refractivity contribution in [2.45, 2.75) is 19.0 Å². The lowest BCUT2D eigenvalue weighted by Gasteiger charge is -2.04. The normalized spacial score (nSPS) is 9.93. The molecule has 0 aliphatic rings. The van der Waals surface area contributed by atoms with E-state index in [1.54, 1.807) is 0 Å². The summed E-state index contributed by atoms with van der Waals surface area (Å²) in [5.74, 6) is 6.42. The summed E-state index contributed by atoms with van der Waals surface area (Å²) >= 11 is 1.51. The Hall–Kier alpha value is -1.08. The van der Waals surface area contributed by atoms with Gasteiger partial charge in [0.25, 0.3) is 0 Å². The maximum Gasteiger partial charge on any atom is 0.322 e. The van der Waals surface area contributed by atoms with Gasteiger partial charge in [-0.15, -0.1) is 0 Å². The molecule has 7 heteroatoms. The van der Waals surface area contributed by atoms with E-state index in [2.05, 4.69) is 20.4 Å². The molecule has 0 spiro atoms. The summed E-state index contributed by atoms with van der Waals surface area (Å²) in [4.78, 5) is 12.1. The second kappa shape index (κ2) is 5.61. The molecule has 0 unspecified atom stereocenters. The number of thioether (sulfide) groups is 1. The number of nitrogens with two attached hydrogens (primary N) is 1. The summed E-state index contributed by atoms with van der Waals surface area (Å²) < 4.78 is 5.16. The number of nitrogens with one attached hydrogen (secondary N) is 1. The van der Waals surface area contributed by atoms with Crippen LogP contribution in [0.25, 0.3) is 0 Å². The Balaban J connectivity index is 2.88. The highest BCUT2D eigenvalue weighted by molar-refractivity contribution is 7.99. The smallest absolute Gasteiger partial charge is 0.322 e. The first-order valence-electron chi connectivity index (χ1n) is 4.28. The van der Waals surface area contributed by atoms with Crippen LogP contribution in [0.2, 0.25) is 0 Å². The van der Waals surface area contributed by atoms with Gasteiger partial charge in [-0.25, -0.2) is 5.84 Å². The number of hydrogen-bond acceptors (Lipinski definition) is 7. The average molecular weight is 215 g/mol. The van der Waals surface area contributed by atoms with E-state index >= 15 is 0 Å². The van der Waals surface area contributed by atoms with Gasteiger partial charge in [-0.05, 0) is 12.7 Å². The molecule has 1 rings (SSSR count). The topological polar surface area (TPSA) is 86.0 Å². The molecule has 14 heavy (non-hydrogen) atoms. The van der Waals surface area contributed by atoms with Crippen LogP contribution in [0.4, 0.5) is 5.95 Å². The predicted molar refractivity (Wildman–Crippen MR) is 55.2 cm³/mol. The highest BCUT2D eigenvalue weighted by Crippen LogP contribution is 2.16. The largest absolute Gasteiger partial charge is 0.464 e. The monoisotopic (exact) mass is 215 g/mol. The fourth-order valence-corrected chi connectivity index (χ4v) is 1.34. The van der Waals surface area contributed by atoms with Crippen molar-refractivity contribution < 1.29 is 4.74 Å². The summed E-state index contributed by atoms with van der Waals surface area (Å²) in [6, 6.07) is 0.298. The van der Waals surface area contributed by atoms with Crippen molar-refractivity contribution in [3.05, 3.63) is 0 Å². The van der Waals surface area contributed by atoms with Gasteiger partial charge in [0.15, 0.2) is 5.16 Å². The minimum absolute atomic E-state index is 0.298. The molecule has 3 N–H and O–H groups in total. The number of ether oxygens (including phenoxy) is 1. The Morgan fingerprint density at radius 2 is 2.14 bits per heavy atom. The molecule has 0 bridgehead atoms. The first kappa shape index (κ1) is 11.0. The molecule has 0 aliphatic heterocycles. The van der Waals surface area contributed by atoms with E-state index in [0.717, 1.165) is 5.75 Å². The van der Waals surface area contributed by atoms with Gasteiger partial charge in [-0.3, -0.25) is 5.43 Å². The second-order valence-electron chi connectivity index (χ2n) is 2.23. The van der Waals surface area contributed by atoms with Crippen LogP contribution in [-0.2, 0) is 0 Å². The molecule has 0 fully saturated rings. The zero-order valence-electron chi connectivity index (χ0n) is 8.15. The molecule has 1 aromatic heterocycles. The Bertz CT molecular complexity index is 271. The maximum atomic E-state index is 5.21. The lowest BCUT2D eigenvalue weighted by molar-refractivity contribution is 0.308. The van der Waals surface area contributed by atoms with Gasteiger partial charge < -0.3 is 4.74 Å². The van der Waals surface area contributed by atoms with Crippen molar-refractivity contribution >= 4 is 17.7 Å². The highest BCUT2D eigenvalue weighted by atomic mass is 32.2. The number of rotatable bonds is 5. The van der Waals surface area contributed by atoms with Gasteiger partial charge >= 0.3 is 6.01 Å². The maximum absolute atomic E-state index is 5.21. The lowest BCUT2D eigenvalue weighted by Crippen LogP contribution is -2.12. The zero-order valence-corrected chi connectivity index (χ0v) is 8.97. The third-order valence-corrected chi connectivity index (χ3v) is 2.00. The molecule has 0 aliphatic carbocycles. The third kappa shape index (κ3) is 3.00. The van der Waals surface area contributed by atoms with Crippen LogP contribution in [0.1, 0.15) is 13.8 Å². The van der Waals surface area contributed by atoms with Gasteiger partial charge in [0.1, 0.15) is 0 Å². The Kier molecular flexibility index (Phi) is 4.41. The van der Waals surface area contributed by atoms with Crippen molar-refractivity contribution in [3.63, 3.8) is 0 Å². The van der Waals surface area contributed by atoms with E-state index in [-0.39, 0.29) is 0 Å². The summed E-state index contributed by atoms with van der Waals surface area (Å²) in [7, 11) is 0. The van der Waals surface area contributed by atoms with Gasteiger partial charge in [-0.2, -0.15) is 15.0 Å². The summed E-state index contributed by atoms with van der Waals surface area (Å²) in [6.07, 6.45) is 0. The average Bonchev–Trinajstić information content (AvgIpc) is 2.18. The van der Waals surface area contributed by atoms with Crippen molar-refractivity contribution in [3.8, 4) is 6.01 Å². The first-order chi connectivity index (χ1) is 6.80. The SMILES string of the molecule is CCOc1nc(NN)nc(SCC)n1. The molecule has 78 valence electrons. The number of anilines is 1. The summed E-state index contributed by atoms with van der Waals surface area (Å²) in [5, 5.41) is 0.610. The van der Waals surface area contributed by atoms with E-state index in [0.29, 0.717) is 23.7 Å². The van der Waals surface area contributed by atoms with Gasteiger partial charge in [-0.1, -0.05) is 18.7 Å². The molecule has 0 amide bonds. The number of nitrogens with zero attached hydrogens (tertiary/aromatic N) is 3. The summed E-state index contributed by atoms with van der Waals surface area (Å²) in [5.41, 5.74) is 2.37. The van der Waals surface area contributed by atoms with Crippen molar-refractivity contribution in [2.24, 2.45) is 5.84 Å². The van der Waals surface area contributed by atoms with Crippen LogP contribution in [0.3, 0.4) is 0 Å². The third-order valence-electron chi connectivity index (χ3n) is 1.27. The Labute approximate surface area is 86.6 Å². The van der Waals surface area contributed by atoms with E-state index in [4.69, 9.17) is 10.6 Å². The molecule has 0 radical (unpaired) electrons. The van der Waals surface area contributed by atoms with Crippen molar-refractivity contribution in [1.82, 2.24) is 15.0 Å². The number of nitrogen functional groups attached to an aromatic ring is 1. The van der Waals surface area contributed by atoms with E-state index in [1.807, 2.05) is 13.8 Å². The van der Waals surface area contributed by atoms with E-state index in [9.17, 15) is 0 Å². The minimum Gasteiger partial charge on any atom is -0.464 e. The van der Waals surface area contributed by atoms with Crippen LogP contribution >= 0.6 is 11.8 Å². The van der Waals surface area contributed by atoms with E-state index in [1.165, 1.54) is 11.8 Å². The predicted octanol–water partition coefficient (Wildman–Crippen LogP) is 0.668. The van der Waals surface area contributed by atoms with Crippen molar-refractivity contribution in [2.75, 3.05) is 17.8 Å². The van der Waals surface area contributed by atoms with E-state index < -0.39 is 0 Å². The van der Waals surface area contributed by atoms with Crippen molar-refractivity contribution in [1.29, 1.82) is 0 Å². The van der Waals surface area contributed by atoms with Crippen LogP contribution < -0.4 is 16.0 Å². The fraction of sp³-hybridized carbons (Fsp3) is 0.571. The standard InChI is InChI=1S/C7H13N5OS/c1-3-13-6-9-5(12-8)10-7(11-6)14-4-2/h3-4,8H2,1-2H3,(H,9,10,11,12). The lowest BCUT2D eigenvalue weighted by atomic mass is 10.8. The van der Waals surface area contributed by atoms with Crippen LogP contribution in [-0.4, -0.2) is 27.3 Å². The first-order valence-corrected chi connectivity index (χ1v) is 5.27. The molecular formula is C7H13N5OS. The van der Waals surface area contributed by atoms with Gasteiger partial charge in [0.2, 0.25) is 5.95 Å². The zero-order chi connectivity index (χ0) is 10.4. The number of hydrogen-bond donors (Lipinski definition) is 2. The molecule has 0 atom stereocenters. The fourth-order valence-electron chi connectivity index (χ4n) is 0.790. The molecule has 6 nitrogen and oxygen atoms in total. The molecule has 0 aromatic carbocycles. The Morgan fingerprint density at radius 1 is 1.36 bits per heavy atom. The van der Waals surface area contributed by atoms with Crippen LogP contribution in [0.15, 0.2) is 5.16 Å². The van der Waals surface area contributed by atoms with Gasteiger partial charge in [0.05, 0.1) is 6.61 Å². The van der Waals surface area contributed by atoms with Gasteiger partial charge in [0, 0.05) is 0 Å². The quantitative estimate of drug-likeness (QED) is 0.424. The minimum atomic E-state index is 0.298. The second-order valence-corrected chi connectivity index (χ2v) is 3.47. The molecule has 1 heterocycles. The number of aromatic nitrogens is 3. The van der Waals surface area contributed by atoms with Crippen LogP contribution in [0, 0.1) is 0 Å². The highest BCUT2D eigenvalue weighted by Gasteiger charge is 2.05. The number of hydrazine groups is 1. The van der Waals surface area contributed by atoms with Crippen LogP contribution in [0.5, 0.6) is 6.01 Å². The molecule has 1 aromatic rings. The summed E-state index contributed by atoms with van der Waals surface area (Å²) in [6.45, 7) is 4.40.